The topological polar surface area (TPSA) is 86.8 Å². The highest BCUT2D eigenvalue weighted by atomic mass is 35.5. The molecule has 0 spiro atoms. The molecular formula is C27H29Cl2N3O4S. The number of amides is 2. The zero-order chi connectivity index (χ0) is 27.0. The van der Waals surface area contributed by atoms with Gasteiger partial charge in [-0.1, -0.05) is 78.7 Å². The molecule has 3 rings (SSSR count). The van der Waals surface area contributed by atoms with Gasteiger partial charge in [0, 0.05) is 18.1 Å². The summed E-state index contributed by atoms with van der Waals surface area (Å²) in [5.41, 5.74) is 0.782. The van der Waals surface area contributed by atoms with Gasteiger partial charge in [0.25, 0.3) is 10.0 Å². The molecule has 0 aliphatic carbocycles. The van der Waals surface area contributed by atoms with Crippen LogP contribution in [0.3, 0.4) is 0 Å². The Morgan fingerprint density at radius 3 is 2.11 bits per heavy atom. The van der Waals surface area contributed by atoms with E-state index >= 15 is 0 Å². The van der Waals surface area contributed by atoms with Crippen LogP contribution >= 0.6 is 23.2 Å². The number of benzene rings is 3. The van der Waals surface area contributed by atoms with Crippen molar-refractivity contribution in [2.24, 2.45) is 0 Å². The molecule has 0 aromatic heterocycles. The second-order valence-corrected chi connectivity index (χ2v) is 11.0. The van der Waals surface area contributed by atoms with Crippen LogP contribution < -0.4 is 9.62 Å². The third-order valence-electron chi connectivity index (χ3n) is 5.75. The Labute approximate surface area is 228 Å². The van der Waals surface area contributed by atoms with Crippen molar-refractivity contribution in [3.05, 3.63) is 94.5 Å². The number of carbonyl (C=O) groups excluding carboxylic acids is 2. The number of nitrogens with one attached hydrogen (secondary N) is 1. The molecule has 196 valence electrons. The fourth-order valence-electron chi connectivity index (χ4n) is 3.68. The van der Waals surface area contributed by atoms with Crippen LogP contribution in [0.15, 0.2) is 83.8 Å². The number of anilines is 1. The summed E-state index contributed by atoms with van der Waals surface area (Å²) in [5, 5.41) is 3.40. The zero-order valence-electron chi connectivity index (χ0n) is 20.6. The molecule has 0 aliphatic heterocycles. The second kappa shape index (κ2) is 12.9. The maximum absolute atomic E-state index is 13.8. The first-order valence-corrected chi connectivity index (χ1v) is 14.0. The van der Waals surface area contributed by atoms with Crippen LogP contribution in [-0.2, 0) is 26.2 Å². The van der Waals surface area contributed by atoms with Gasteiger partial charge in [-0.25, -0.2) is 8.42 Å². The average Bonchev–Trinajstić information content (AvgIpc) is 2.90. The molecule has 1 atom stereocenters. The van der Waals surface area contributed by atoms with E-state index < -0.39 is 28.5 Å². The summed E-state index contributed by atoms with van der Waals surface area (Å²) in [7, 11) is -4.17. The predicted molar refractivity (Wildman–Crippen MR) is 147 cm³/mol. The standard InChI is InChI=1S/C27H29Cl2N3O4S/c1-3-17-30-27(34)20(2)31(18-21-11-7-8-14-23(21)28)26(33)19-32(25-16-10-9-15-24(25)29)37(35,36)22-12-5-4-6-13-22/h4-16,20H,3,17-19H2,1-2H3,(H,30,34)/t20-/m1/s1. The van der Waals surface area contributed by atoms with Crippen molar-refractivity contribution in [3.8, 4) is 0 Å². The number of rotatable bonds is 11. The van der Waals surface area contributed by atoms with Gasteiger partial charge >= 0.3 is 0 Å². The number of hydrogen-bond donors (Lipinski definition) is 1. The molecule has 37 heavy (non-hydrogen) atoms. The monoisotopic (exact) mass is 561 g/mol. The van der Waals surface area contributed by atoms with Crippen LogP contribution in [0.1, 0.15) is 25.8 Å². The summed E-state index contributed by atoms with van der Waals surface area (Å²) >= 11 is 12.7. The molecule has 3 aromatic rings. The van der Waals surface area contributed by atoms with Crippen molar-refractivity contribution in [3.63, 3.8) is 0 Å². The zero-order valence-corrected chi connectivity index (χ0v) is 22.9. The number of carbonyl (C=O) groups is 2. The van der Waals surface area contributed by atoms with Gasteiger partial charge in [-0.15, -0.1) is 0 Å². The van der Waals surface area contributed by atoms with Crippen molar-refractivity contribution in [1.29, 1.82) is 0 Å². The minimum atomic E-state index is -4.17. The summed E-state index contributed by atoms with van der Waals surface area (Å²) < 4.78 is 28.4. The highest BCUT2D eigenvalue weighted by Crippen LogP contribution is 2.31. The molecule has 2 amide bonds. The normalized spacial score (nSPS) is 12.0. The first-order chi connectivity index (χ1) is 17.7. The molecule has 0 radical (unpaired) electrons. The molecule has 0 saturated heterocycles. The molecule has 10 heteroatoms. The minimum absolute atomic E-state index is 0.00844. The Morgan fingerprint density at radius 1 is 0.892 bits per heavy atom. The van der Waals surface area contributed by atoms with Crippen molar-refractivity contribution in [2.45, 2.75) is 37.8 Å². The van der Waals surface area contributed by atoms with E-state index in [0.717, 1.165) is 10.7 Å². The lowest BCUT2D eigenvalue weighted by Crippen LogP contribution is -2.51. The molecule has 7 nitrogen and oxygen atoms in total. The van der Waals surface area contributed by atoms with E-state index in [4.69, 9.17) is 23.2 Å². The molecule has 0 aliphatic rings. The Balaban J connectivity index is 2.03. The van der Waals surface area contributed by atoms with Gasteiger partial charge < -0.3 is 10.2 Å². The quantitative estimate of drug-likeness (QED) is 0.351. The van der Waals surface area contributed by atoms with Crippen LogP contribution in [0, 0.1) is 0 Å². The third kappa shape index (κ3) is 7.03. The van der Waals surface area contributed by atoms with Crippen LogP contribution in [0.5, 0.6) is 0 Å². The lowest BCUT2D eigenvalue weighted by atomic mass is 10.1. The van der Waals surface area contributed by atoms with E-state index in [1.165, 1.54) is 23.1 Å². The lowest BCUT2D eigenvalue weighted by Gasteiger charge is -2.32. The number of halogens is 2. The smallest absolute Gasteiger partial charge is 0.264 e. The molecular weight excluding hydrogens is 533 g/mol. The molecule has 3 aromatic carbocycles. The predicted octanol–water partition coefficient (Wildman–Crippen LogP) is 5.13. The maximum Gasteiger partial charge on any atom is 0.264 e. The second-order valence-electron chi connectivity index (χ2n) is 8.36. The summed E-state index contributed by atoms with van der Waals surface area (Å²) in [4.78, 5) is 28.0. The van der Waals surface area contributed by atoms with Gasteiger partial charge in [-0.3, -0.25) is 13.9 Å². The van der Waals surface area contributed by atoms with E-state index in [-0.39, 0.29) is 28.1 Å². The van der Waals surface area contributed by atoms with Crippen molar-refractivity contribution in [2.75, 3.05) is 17.4 Å². The number of sulfonamides is 1. The number of hydrogen-bond acceptors (Lipinski definition) is 4. The van der Waals surface area contributed by atoms with Crippen molar-refractivity contribution in [1.82, 2.24) is 10.2 Å². The summed E-state index contributed by atoms with van der Waals surface area (Å²) in [6.45, 7) is 3.42. The summed E-state index contributed by atoms with van der Waals surface area (Å²) in [6.07, 6.45) is 0.729. The van der Waals surface area contributed by atoms with E-state index in [2.05, 4.69) is 5.32 Å². The Morgan fingerprint density at radius 2 is 1.49 bits per heavy atom. The summed E-state index contributed by atoms with van der Waals surface area (Å²) in [5.74, 6) is -0.934. The van der Waals surface area contributed by atoms with Gasteiger partial charge in [0.15, 0.2) is 0 Å². The molecule has 0 bridgehead atoms. The molecule has 0 saturated carbocycles. The number of nitrogens with zero attached hydrogens (tertiary/aromatic N) is 2. The van der Waals surface area contributed by atoms with E-state index in [9.17, 15) is 18.0 Å². The van der Waals surface area contributed by atoms with Gasteiger partial charge in [0.1, 0.15) is 12.6 Å². The summed E-state index contributed by atoms with van der Waals surface area (Å²) in [6, 6.07) is 20.3. The number of para-hydroxylation sites is 1. The Bertz CT molecular complexity index is 1340. The van der Waals surface area contributed by atoms with Crippen LogP contribution in [0.4, 0.5) is 5.69 Å². The van der Waals surface area contributed by atoms with Crippen LogP contribution in [-0.4, -0.2) is 44.3 Å². The van der Waals surface area contributed by atoms with Gasteiger partial charge in [-0.05, 0) is 49.2 Å². The Hall–Kier alpha value is -3.07. The van der Waals surface area contributed by atoms with Crippen molar-refractivity contribution >= 4 is 50.7 Å². The molecule has 0 fully saturated rings. The molecule has 0 unspecified atom stereocenters. The molecule has 0 heterocycles. The highest BCUT2D eigenvalue weighted by Gasteiger charge is 2.33. The third-order valence-corrected chi connectivity index (χ3v) is 8.21. The van der Waals surface area contributed by atoms with Gasteiger partial charge in [0.2, 0.25) is 11.8 Å². The SMILES string of the molecule is CCCNC(=O)[C@@H](C)N(Cc1ccccc1Cl)C(=O)CN(c1ccccc1Cl)S(=O)(=O)c1ccccc1. The maximum atomic E-state index is 13.8. The van der Waals surface area contributed by atoms with Crippen molar-refractivity contribution < 1.29 is 18.0 Å². The van der Waals surface area contributed by atoms with Crippen LogP contribution in [0.2, 0.25) is 10.0 Å². The van der Waals surface area contributed by atoms with Gasteiger partial charge in [-0.2, -0.15) is 0 Å². The minimum Gasteiger partial charge on any atom is -0.354 e. The molecule has 1 N–H and O–H groups in total. The van der Waals surface area contributed by atoms with E-state index in [0.29, 0.717) is 17.1 Å². The first-order valence-electron chi connectivity index (χ1n) is 11.8. The van der Waals surface area contributed by atoms with E-state index in [1.807, 2.05) is 6.92 Å². The fraction of sp³-hybridized carbons (Fsp3) is 0.259. The Kier molecular flexibility index (Phi) is 9.97. The van der Waals surface area contributed by atoms with E-state index in [1.54, 1.807) is 67.6 Å². The highest BCUT2D eigenvalue weighted by molar-refractivity contribution is 7.92. The average molecular weight is 563 g/mol. The fourth-order valence-corrected chi connectivity index (χ4v) is 5.61. The first kappa shape index (κ1) is 28.5. The van der Waals surface area contributed by atoms with Gasteiger partial charge in [0.05, 0.1) is 15.6 Å². The lowest BCUT2D eigenvalue weighted by molar-refractivity contribution is -0.139. The largest absolute Gasteiger partial charge is 0.354 e. The van der Waals surface area contributed by atoms with Crippen LogP contribution in [0.25, 0.3) is 0 Å².